The van der Waals surface area contributed by atoms with E-state index in [2.05, 4.69) is 5.32 Å². The van der Waals surface area contributed by atoms with Crippen LogP contribution < -0.4 is 10.1 Å². The lowest BCUT2D eigenvalue weighted by Gasteiger charge is -2.16. The molecule has 1 N–H and O–H groups in total. The van der Waals surface area contributed by atoms with E-state index in [4.69, 9.17) is 14.5 Å². The summed E-state index contributed by atoms with van der Waals surface area (Å²) in [6.45, 7) is 5.16. The predicted molar refractivity (Wildman–Crippen MR) is 158 cm³/mol. The first-order chi connectivity index (χ1) is 19.5. The number of amidine groups is 1. The van der Waals surface area contributed by atoms with Crippen LogP contribution in [0.15, 0.2) is 83.9 Å². The molecule has 9 heteroatoms. The highest BCUT2D eigenvalue weighted by Crippen LogP contribution is 2.32. The van der Waals surface area contributed by atoms with Crippen LogP contribution in [0, 0.1) is 0 Å². The van der Waals surface area contributed by atoms with Crippen molar-refractivity contribution in [3.05, 3.63) is 90.0 Å². The van der Waals surface area contributed by atoms with Crippen molar-refractivity contribution in [1.82, 2.24) is 4.90 Å². The quantitative estimate of drug-likeness (QED) is 0.280. The number of esters is 1. The number of hydrogen-bond acceptors (Lipinski definition) is 7. The maximum Gasteiger partial charge on any atom is 0.338 e. The molecule has 0 spiro atoms. The molecule has 3 aromatic carbocycles. The predicted octanol–water partition coefficient (Wildman–Crippen LogP) is 5.86. The van der Waals surface area contributed by atoms with Gasteiger partial charge in [0, 0.05) is 18.7 Å². The second kappa shape index (κ2) is 14.3. The fourth-order valence-corrected chi connectivity index (χ4v) is 5.23. The van der Waals surface area contributed by atoms with Crippen molar-refractivity contribution in [2.24, 2.45) is 4.99 Å². The van der Waals surface area contributed by atoms with Crippen LogP contribution in [0.4, 0.5) is 11.4 Å². The first kappa shape index (κ1) is 28.9. The molecule has 1 atom stereocenters. The van der Waals surface area contributed by atoms with Gasteiger partial charge in [-0.05, 0) is 73.9 Å². The molecule has 3 aromatic rings. The SMILES string of the molecule is CCCOc1ccc(NC(=O)CC2SC(=Nc3ccc(C(=O)OCC)cc3)N(CCc3ccccc3)C2=O)cc1. The maximum atomic E-state index is 13.4. The molecule has 208 valence electrons. The van der Waals surface area contributed by atoms with E-state index in [-0.39, 0.29) is 18.2 Å². The topological polar surface area (TPSA) is 97.3 Å². The summed E-state index contributed by atoms with van der Waals surface area (Å²) in [6.07, 6.45) is 1.58. The molecule has 1 saturated heterocycles. The number of anilines is 1. The van der Waals surface area contributed by atoms with Crippen molar-refractivity contribution in [2.45, 2.75) is 38.4 Å². The lowest BCUT2D eigenvalue weighted by atomic mass is 10.1. The van der Waals surface area contributed by atoms with Gasteiger partial charge in [-0.3, -0.25) is 14.5 Å². The molecule has 0 radical (unpaired) electrons. The number of aliphatic imine (C=N–C) groups is 1. The molecule has 2 amide bonds. The van der Waals surface area contributed by atoms with Crippen molar-refractivity contribution in [3.63, 3.8) is 0 Å². The molecule has 40 heavy (non-hydrogen) atoms. The van der Waals surface area contributed by atoms with Gasteiger partial charge in [-0.2, -0.15) is 0 Å². The van der Waals surface area contributed by atoms with Crippen molar-refractivity contribution in [3.8, 4) is 5.75 Å². The Morgan fingerprint density at radius 3 is 2.38 bits per heavy atom. The van der Waals surface area contributed by atoms with Gasteiger partial charge >= 0.3 is 5.97 Å². The van der Waals surface area contributed by atoms with Gasteiger partial charge in [-0.25, -0.2) is 9.79 Å². The second-order valence-corrected chi connectivity index (χ2v) is 10.3. The van der Waals surface area contributed by atoms with Crippen LogP contribution in [0.3, 0.4) is 0 Å². The zero-order valence-corrected chi connectivity index (χ0v) is 23.5. The van der Waals surface area contributed by atoms with Crippen LogP contribution in [-0.4, -0.2) is 52.9 Å². The number of hydrogen-bond donors (Lipinski definition) is 1. The van der Waals surface area contributed by atoms with E-state index < -0.39 is 11.2 Å². The molecule has 4 rings (SSSR count). The zero-order valence-electron chi connectivity index (χ0n) is 22.7. The molecule has 8 nitrogen and oxygen atoms in total. The minimum absolute atomic E-state index is 0.0141. The third kappa shape index (κ3) is 7.95. The molecule has 1 aliphatic heterocycles. The summed E-state index contributed by atoms with van der Waals surface area (Å²) in [6, 6.07) is 23.8. The Labute approximate surface area is 238 Å². The summed E-state index contributed by atoms with van der Waals surface area (Å²) >= 11 is 1.28. The largest absolute Gasteiger partial charge is 0.494 e. The summed E-state index contributed by atoms with van der Waals surface area (Å²) in [5.74, 6) is -0.0604. The molecule has 1 heterocycles. The first-order valence-electron chi connectivity index (χ1n) is 13.4. The van der Waals surface area contributed by atoms with E-state index in [0.717, 1.165) is 17.7 Å². The fourth-order valence-electron chi connectivity index (χ4n) is 4.05. The van der Waals surface area contributed by atoms with Crippen LogP contribution in [-0.2, 0) is 20.7 Å². The summed E-state index contributed by atoms with van der Waals surface area (Å²) in [7, 11) is 0. The molecular weight excluding hydrogens is 526 g/mol. The van der Waals surface area contributed by atoms with Gasteiger partial charge in [0.15, 0.2) is 5.17 Å². The van der Waals surface area contributed by atoms with Gasteiger partial charge < -0.3 is 14.8 Å². The number of carbonyl (C=O) groups excluding carboxylic acids is 3. The molecular formula is C31H33N3O5S. The Balaban J connectivity index is 1.46. The minimum atomic E-state index is -0.597. The van der Waals surface area contributed by atoms with Crippen LogP contribution in [0.2, 0.25) is 0 Å². The lowest BCUT2D eigenvalue weighted by Crippen LogP contribution is -2.35. The molecule has 0 bridgehead atoms. The zero-order chi connectivity index (χ0) is 28.3. The highest BCUT2D eigenvalue weighted by atomic mass is 32.2. The number of nitrogens with zero attached hydrogens (tertiary/aromatic N) is 2. The monoisotopic (exact) mass is 559 g/mol. The van der Waals surface area contributed by atoms with Gasteiger partial charge in [0.05, 0.1) is 24.5 Å². The van der Waals surface area contributed by atoms with Crippen LogP contribution in [0.25, 0.3) is 0 Å². The van der Waals surface area contributed by atoms with Crippen molar-refractivity contribution in [1.29, 1.82) is 0 Å². The smallest absolute Gasteiger partial charge is 0.338 e. The van der Waals surface area contributed by atoms with Crippen LogP contribution >= 0.6 is 11.8 Å². The number of carbonyl (C=O) groups is 3. The fraction of sp³-hybridized carbons (Fsp3) is 0.290. The Hall–Kier alpha value is -4.11. The molecule has 0 aliphatic carbocycles. The van der Waals surface area contributed by atoms with E-state index in [1.807, 2.05) is 49.4 Å². The normalized spacial score (nSPS) is 15.8. The average Bonchev–Trinajstić information content (AvgIpc) is 3.25. The number of ether oxygens (including phenoxy) is 2. The van der Waals surface area contributed by atoms with Crippen molar-refractivity contribution >= 4 is 46.1 Å². The number of thioether (sulfide) groups is 1. The third-order valence-corrected chi connectivity index (χ3v) is 7.25. The number of nitrogens with one attached hydrogen (secondary N) is 1. The van der Waals surface area contributed by atoms with E-state index in [0.29, 0.717) is 48.3 Å². The van der Waals surface area contributed by atoms with Gasteiger partial charge in [-0.15, -0.1) is 0 Å². The van der Waals surface area contributed by atoms with Crippen molar-refractivity contribution < 1.29 is 23.9 Å². The Morgan fingerprint density at radius 1 is 0.975 bits per heavy atom. The number of amides is 2. The molecule has 1 unspecified atom stereocenters. The summed E-state index contributed by atoms with van der Waals surface area (Å²) < 4.78 is 10.6. The summed E-state index contributed by atoms with van der Waals surface area (Å²) in [5, 5.41) is 2.81. The Kier molecular flexibility index (Phi) is 10.3. The van der Waals surface area contributed by atoms with E-state index in [9.17, 15) is 14.4 Å². The lowest BCUT2D eigenvalue weighted by molar-refractivity contribution is -0.128. The standard InChI is InChI=1S/C31H33N3O5S/c1-3-20-39-26-16-14-24(15-17-26)32-28(35)21-27-29(36)34(19-18-22-8-6-5-7-9-22)31(40-27)33-25-12-10-23(11-13-25)30(37)38-4-2/h5-17,27H,3-4,18-21H2,1-2H3,(H,32,35). The summed E-state index contributed by atoms with van der Waals surface area (Å²) in [5.41, 5.74) is 2.77. The van der Waals surface area contributed by atoms with Crippen LogP contribution in [0.5, 0.6) is 5.75 Å². The van der Waals surface area contributed by atoms with E-state index in [1.54, 1.807) is 48.2 Å². The average molecular weight is 560 g/mol. The number of rotatable bonds is 12. The van der Waals surface area contributed by atoms with Crippen LogP contribution in [0.1, 0.15) is 42.6 Å². The first-order valence-corrected chi connectivity index (χ1v) is 14.2. The van der Waals surface area contributed by atoms with Gasteiger partial charge in [-0.1, -0.05) is 49.0 Å². The molecule has 0 aromatic heterocycles. The highest BCUT2D eigenvalue weighted by molar-refractivity contribution is 8.15. The van der Waals surface area contributed by atoms with E-state index >= 15 is 0 Å². The van der Waals surface area contributed by atoms with Gasteiger partial charge in [0.2, 0.25) is 11.8 Å². The van der Waals surface area contributed by atoms with Gasteiger partial charge in [0.25, 0.3) is 0 Å². The molecule has 0 saturated carbocycles. The maximum absolute atomic E-state index is 13.4. The summed E-state index contributed by atoms with van der Waals surface area (Å²) in [4.78, 5) is 44.7. The Morgan fingerprint density at radius 2 is 1.70 bits per heavy atom. The Bertz CT molecular complexity index is 1330. The third-order valence-electron chi connectivity index (χ3n) is 6.07. The van der Waals surface area contributed by atoms with Gasteiger partial charge in [0.1, 0.15) is 11.0 Å². The number of benzene rings is 3. The second-order valence-electron chi connectivity index (χ2n) is 9.12. The minimum Gasteiger partial charge on any atom is -0.494 e. The van der Waals surface area contributed by atoms with E-state index in [1.165, 1.54) is 11.8 Å². The van der Waals surface area contributed by atoms with Crippen molar-refractivity contribution in [2.75, 3.05) is 25.1 Å². The molecule has 1 fully saturated rings. The molecule has 1 aliphatic rings. The highest BCUT2D eigenvalue weighted by Gasteiger charge is 2.39.